The van der Waals surface area contributed by atoms with Crippen molar-refractivity contribution in [2.45, 2.75) is 51.9 Å². The number of carbonyl (C=O) groups excluding carboxylic acids is 2. The summed E-state index contributed by atoms with van der Waals surface area (Å²) in [4.78, 5) is 39.0. The van der Waals surface area contributed by atoms with E-state index >= 15 is 0 Å². The van der Waals surface area contributed by atoms with Crippen molar-refractivity contribution in [3.05, 3.63) is 45.4 Å². The predicted molar refractivity (Wildman–Crippen MR) is 139 cm³/mol. The quantitative estimate of drug-likeness (QED) is 0.548. The van der Waals surface area contributed by atoms with Crippen LogP contribution in [0.15, 0.2) is 24.3 Å². The second kappa shape index (κ2) is 8.59. The highest BCUT2D eigenvalue weighted by Crippen LogP contribution is 2.46. The van der Waals surface area contributed by atoms with Crippen molar-refractivity contribution in [3.8, 4) is 5.75 Å². The van der Waals surface area contributed by atoms with Gasteiger partial charge in [-0.15, -0.1) is 11.3 Å². The number of carbonyl (C=O) groups is 2. The molecule has 2 aliphatic rings. The highest BCUT2D eigenvalue weighted by atomic mass is 32.1. The SMILES string of the molecule is CNc1nc2ccc(OC)cc2cc1C(=O)N1CCC2(CC1)CC(=O)c1nc(C(C)(C)C)sc1C2. The summed E-state index contributed by atoms with van der Waals surface area (Å²) in [6, 6.07) is 7.55. The second-order valence-corrected chi connectivity index (χ2v) is 11.9. The van der Waals surface area contributed by atoms with Crippen LogP contribution < -0.4 is 10.1 Å². The first-order chi connectivity index (χ1) is 16.6. The van der Waals surface area contributed by atoms with Gasteiger partial charge >= 0.3 is 0 Å². The number of piperidine rings is 1. The first-order valence-corrected chi connectivity index (χ1v) is 12.9. The fraction of sp³-hybridized carbons (Fsp3) is 0.481. The molecule has 2 aromatic heterocycles. The third kappa shape index (κ3) is 4.29. The van der Waals surface area contributed by atoms with Gasteiger partial charge in [-0.3, -0.25) is 9.59 Å². The molecule has 8 heteroatoms. The molecular weight excluding hydrogens is 460 g/mol. The summed E-state index contributed by atoms with van der Waals surface area (Å²) in [6.45, 7) is 7.67. The van der Waals surface area contributed by atoms with Gasteiger partial charge in [0.25, 0.3) is 5.91 Å². The van der Waals surface area contributed by atoms with E-state index in [0.717, 1.165) is 45.8 Å². The maximum Gasteiger partial charge on any atom is 0.257 e. The minimum Gasteiger partial charge on any atom is -0.497 e. The van der Waals surface area contributed by atoms with Crippen molar-refractivity contribution >= 4 is 39.7 Å². The number of hydrogen-bond acceptors (Lipinski definition) is 7. The molecule has 0 atom stereocenters. The zero-order valence-electron chi connectivity index (χ0n) is 21.0. The molecular formula is C27H32N4O3S. The Morgan fingerprint density at radius 3 is 2.54 bits per heavy atom. The van der Waals surface area contributed by atoms with Crippen LogP contribution in [0.5, 0.6) is 5.75 Å². The lowest BCUT2D eigenvalue weighted by molar-refractivity contribution is 0.0522. The maximum atomic E-state index is 13.6. The third-order valence-corrected chi connectivity index (χ3v) is 8.76. The molecule has 1 amide bonds. The number of anilines is 1. The van der Waals surface area contributed by atoms with Crippen LogP contribution in [0.2, 0.25) is 0 Å². The molecule has 1 aliphatic carbocycles. The Bertz CT molecular complexity index is 1320. The Balaban J connectivity index is 1.36. The van der Waals surface area contributed by atoms with Crippen molar-refractivity contribution in [2.24, 2.45) is 5.41 Å². The summed E-state index contributed by atoms with van der Waals surface area (Å²) >= 11 is 1.69. The molecule has 1 spiro atoms. The Morgan fingerprint density at radius 2 is 1.89 bits per heavy atom. The smallest absolute Gasteiger partial charge is 0.257 e. The summed E-state index contributed by atoms with van der Waals surface area (Å²) in [5.41, 5.74) is 1.90. The molecule has 3 heterocycles. The van der Waals surface area contributed by atoms with E-state index in [1.165, 1.54) is 0 Å². The number of nitrogens with zero attached hydrogens (tertiary/aromatic N) is 3. The van der Waals surface area contributed by atoms with Crippen molar-refractivity contribution in [1.29, 1.82) is 0 Å². The van der Waals surface area contributed by atoms with E-state index in [-0.39, 0.29) is 22.5 Å². The molecule has 3 aromatic rings. The molecule has 0 radical (unpaired) electrons. The molecule has 0 unspecified atom stereocenters. The molecule has 35 heavy (non-hydrogen) atoms. The number of nitrogens with one attached hydrogen (secondary N) is 1. The highest BCUT2D eigenvalue weighted by molar-refractivity contribution is 7.12. The van der Waals surface area contributed by atoms with Gasteiger partial charge in [-0.2, -0.15) is 0 Å². The number of rotatable bonds is 3. The third-order valence-electron chi connectivity index (χ3n) is 7.27. The van der Waals surface area contributed by atoms with Gasteiger partial charge in [-0.1, -0.05) is 20.8 Å². The number of fused-ring (bicyclic) bond motifs is 2. The van der Waals surface area contributed by atoms with Crippen LogP contribution in [0, 0.1) is 5.41 Å². The van der Waals surface area contributed by atoms with Crippen LogP contribution in [0.25, 0.3) is 10.9 Å². The van der Waals surface area contributed by atoms with Gasteiger partial charge in [0.2, 0.25) is 0 Å². The fourth-order valence-corrected chi connectivity index (χ4v) is 6.49. The van der Waals surface area contributed by atoms with Gasteiger partial charge in [0, 0.05) is 42.2 Å². The average molecular weight is 493 g/mol. The Labute approximate surface area is 209 Å². The van der Waals surface area contributed by atoms with Crippen LogP contribution in [-0.2, 0) is 11.8 Å². The molecule has 5 rings (SSSR count). The van der Waals surface area contributed by atoms with E-state index in [0.29, 0.717) is 36.6 Å². The highest BCUT2D eigenvalue weighted by Gasteiger charge is 2.44. The number of ether oxygens (including phenoxy) is 1. The molecule has 1 fully saturated rings. The number of likely N-dealkylation sites (tertiary alicyclic amines) is 1. The van der Waals surface area contributed by atoms with E-state index in [2.05, 4.69) is 31.1 Å². The normalized spacial score (nSPS) is 17.5. The molecule has 184 valence electrons. The number of pyridine rings is 1. The number of Topliss-reactive ketones (excluding diaryl/α,β-unsaturated/α-hetero) is 1. The van der Waals surface area contributed by atoms with Crippen molar-refractivity contribution in [2.75, 3.05) is 32.6 Å². The number of ketones is 1. The van der Waals surface area contributed by atoms with Gasteiger partial charge in [0.1, 0.15) is 17.3 Å². The number of methoxy groups -OCH3 is 1. The van der Waals surface area contributed by atoms with Crippen LogP contribution in [0.1, 0.15) is 70.8 Å². The zero-order chi connectivity index (χ0) is 25.0. The molecule has 0 bridgehead atoms. The Hall–Kier alpha value is -3.00. The minimum atomic E-state index is -0.0800. The standard InChI is InChI=1S/C27H32N4O3S/c1-26(2,3)25-30-22-20(32)14-27(15-21(22)35-25)8-10-31(11-9-27)24(33)18-13-16-12-17(34-5)6-7-19(16)29-23(18)28-4/h6-7,12-13H,8-11,14-15H2,1-5H3,(H,28,29). The summed E-state index contributed by atoms with van der Waals surface area (Å²) in [5.74, 6) is 1.43. The van der Waals surface area contributed by atoms with Crippen LogP contribution in [0.4, 0.5) is 5.82 Å². The molecule has 1 saturated heterocycles. The van der Waals surface area contributed by atoms with E-state index in [1.807, 2.05) is 29.2 Å². The molecule has 1 aromatic carbocycles. The topological polar surface area (TPSA) is 84.4 Å². The van der Waals surface area contributed by atoms with E-state index in [1.54, 1.807) is 25.5 Å². The van der Waals surface area contributed by atoms with Gasteiger partial charge < -0.3 is 15.0 Å². The number of benzene rings is 1. The number of hydrogen-bond donors (Lipinski definition) is 1. The van der Waals surface area contributed by atoms with Gasteiger partial charge in [-0.25, -0.2) is 9.97 Å². The molecule has 0 saturated carbocycles. The monoisotopic (exact) mass is 492 g/mol. The van der Waals surface area contributed by atoms with Gasteiger partial charge in [-0.05, 0) is 48.9 Å². The van der Waals surface area contributed by atoms with Crippen LogP contribution >= 0.6 is 11.3 Å². The fourth-order valence-electron chi connectivity index (χ4n) is 5.18. The molecule has 7 nitrogen and oxygen atoms in total. The second-order valence-electron chi connectivity index (χ2n) is 10.8. The molecule has 1 aliphatic heterocycles. The molecule has 1 N–H and O–H groups in total. The van der Waals surface area contributed by atoms with Crippen molar-refractivity contribution < 1.29 is 14.3 Å². The lowest BCUT2D eigenvalue weighted by Gasteiger charge is -2.43. The van der Waals surface area contributed by atoms with Crippen molar-refractivity contribution in [3.63, 3.8) is 0 Å². The number of thiazole rings is 1. The first kappa shape index (κ1) is 23.7. The van der Waals surface area contributed by atoms with Gasteiger partial charge in [0.15, 0.2) is 5.78 Å². The van der Waals surface area contributed by atoms with E-state index in [4.69, 9.17) is 9.72 Å². The Kier molecular flexibility index (Phi) is 5.82. The first-order valence-electron chi connectivity index (χ1n) is 12.1. The van der Waals surface area contributed by atoms with Crippen LogP contribution in [0.3, 0.4) is 0 Å². The zero-order valence-corrected chi connectivity index (χ0v) is 21.8. The minimum absolute atomic E-state index is 0.0305. The summed E-state index contributed by atoms with van der Waals surface area (Å²) < 4.78 is 5.34. The largest absolute Gasteiger partial charge is 0.497 e. The summed E-state index contributed by atoms with van der Waals surface area (Å²) in [6.07, 6.45) is 3.03. The van der Waals surface area contributed by atoms with Gasteiger partial charge in [0.05, 0.1) is 23.2 Å². The Morgan fingerprint density at radius 1 is 1.14 bits per heavy atom. The van der Waals surface area contributed by atoms with Crippen molar-refractivity contribution in [1.82, 2.24) is 14.9 Å². The lowest BCUT2D eigenvalue weighted by atomic mass is 9.68. The van der Waals surface area contributed by atoms with E-state index < -0.39 is 0 Å². The maximum absolute atomic E-state index is 13.6. The van der Waals surface area contributed by atoms with Crippen LogP contribution in [-0.4, -0.2) is 53.8 Å². The lowest BCUT2D eigenvalue weighted by Crippen LogP contribution is -2.46. The number of aromatic nitrogens is 2. The average Bonchev–Trinajstić information content (AvgIpc) is 3.28. The van der Waals surface area contributed by atoms with E-state index in [9.17, 15) is 9.59 Å². The summed E-state index contributed by atoms with van der Waals surface area (Å²) in [5, 5.41) is 4.98. The summed E-state index contributed by atoms with van der Waals surface area (Å²) in [7, 11) is 3.41. The number of amides is 1. The predicted octanol–water partition coefficient (Wildman–Crippen LogP) is 5.09.